The molecule has 3 rings (SSSR count). The largest absolute Gasteiger partial charge is 0.441 e. The summed E-state index contributed by atoms with van der Waals surface area (Å²) >= 11 is 6.41. The third-order valence-electron chi connectivity index (χ3n) is 3.81. The van der Waals surface area contributed by atoms with Crippen molar-refractivity contribution >= 4 is 22.7 Å². The van der Waals surface area contributed by atoms with Gasteiger partial charge in [-0.1, -0.05) is 12.1 Å². The Morgan fingerprint density at radius 3 is 3.00 bits per heavy atom. The van der Waals surface area contributed by atoms with Crippen LogP contribution in [0.5, 0.6) is 0 Å². The Labute approximate surface area is 124 Å². The van der Waals surface area contributed by atoms with Gasteiger partial charge in [-0.3, -0.25) is 0 Å². The van der Waals surface area contributed by atoms with Crippen molar-refractivity contribution in [2.45, 2.75) is 50.0 Å². The van der Waals surface area contributed by atoms with Gasteiger partial charge in [0.1, 0.15) is 5.52 Å². The standard InChI is InChI=1S/C16H20ClNO2/c17-12(8-9-13-5-3-4-10-19-13)11-16-18-14-6-1-2-7-15(14)20-16/h1-2,6-7,12-13H,3-5,8-11H2. The van der Waals surface area contributed by atoms with Crippen LogP contribution in [0.25, 0.3) is 11.1 Å². The number of aromatic nitrogens is 1. The van der Waals surface area contributed by atoms with Gasteiger partial charge in [0.2, 0.25) is 0 Å². The highest BCUT2D eigenvalue weighted by atomic mass is 35.5. The van der Waals surface area contributed by atoms with E-state index in [0.29, 0.717) is 12.5 Å². The van der Waals surface area contributed by atoms with Gasteiger partial charge >= 0.3 is 0 Å². The number of fused-ring (bicyclic) bond motifs is 1. The fourth-order valence-corrected chi connectivity index (χ4v) is 2.96. The normalized spacial score (nSPS) is 21.1. The van der Waals surface area contributed by atoms with Gasteiger partial charge in [-0.15, -0.1) is 11.6 Å². The molecular formula is C16H20ClNO2. The first-order valence-corrected chi connectivity index (χ1v) is 7.85. The second kappa shape index (κ2) is 6.59. The van der Waals surface area contributed by atoms with Crippen molar-refractivity contribution in [3.05, 3.63) is 30.2 Å². The summed E-state index contributed by atoms with van der Waals surface area (Å²) in [5.41, 5.74) is 1.74. The third-order valence-corrected chi connectivity index (χ3v) is 4.18. The van der Waals surface area contributed by atoms with E-state index in [-0.39, 0.29) is 5.38 Å². The van der Waals surface area contributed by atoms with Gasteiger partial charge in [0.25, 0.3) is 0 Å². The molecule has 0 saturated carbocycles. The van der Waals surface area contributed by atoms with Crippen molar-refractivity contribution in [1.29, 1.82) is 0 Å². The Hall–Kier alpha value is -1.06. The first kappa shape index (κ1) is 13.9. The van der Waals surface area contributed by atoms with Crippen molar-refractivity contribution in [3.63, 3.8) is 0 Å². The third kappa shape index (κ3) is 3.53. The fraction of sp³-hybridized carbons (Fsp3) is 0.562. The first-order valence-electron chi connectivity index (χ1n) is 7.41. The molecular weight excluding hydrogens is 274 g/mol. The molecule has 3 nitrogen and oxygen atoms in total. The average molecular weight is 294 g/mol. The summed E-state index contributed by atoms with van der Waals surface area (Å²) in [6.07, 6.45) is 6.72. The molecule has 0 spiro atoms. The number of para-hydroxylation sites is 2. The van der Waals surface area contributed by atoms with E-state index in [1.165, 1.54) is 19.3 Å². The van der Waals surface area contributed by atoms with Crippen molar-refractivity contribution in [3.8, 4) is 0 Å². The minimum atomic E-state index is 0.0635. The maximum absolute atomic E-state index is 6.41. The molecule has 2 aromatic rings. The lowest BCUT2D eigenvalue weighted by Crippen LogP contribution is -2.20. The molecule has 4 heteroatoms. The Morgan fingerprint density at radius 1 is 1.30 bits per heavy atom. The molecule has 0 radical (unpaired) electrons. The SMILES string of the molecule is ClC(CCC1CCCCO1)Cc1nc2ccccc2o1. The van der Waals surface area contributed by atoms with Gasteiger partial charge in [0.15, 0.2) is 11.5 Å². The van der Waals surface area contributed by atoms with E-state index in [4.69, 9.17) is 20.8 Å². The molecule has 1 aromatic heterocycles. The Bertz CT molecular complexity index is 515. The summed E-state index contributed by atoms with van der Waals surface area (Å²) in [6, 6.07) is 7.81. The highest BCUT2D eigenvalue weighted by Crippen LogP contribution is 2.22. The van der Waals surface area contributed by atoms with E-state index >= 15 is 0 Å². The molecule has 0 N–H and O–H groups in total. The topological polar surface area (TPSA) is 35.3 Å². The van der Waals surface area contributed by atoms with Gasteiger partial charge in [-0.05, 0) is 44.2 Å². The van der Waals surface area contributed by atoms with E-state index in [9.17, 15) is 0 Å². The maximum atomic E-state index is 6.41. The van der Waals surface area contributed by atoms with E-state index in [2.05, 4.69) is 4.98 Å². The highest BCUT2D eigenvalue weighted by molar-refractivity contribution is 6.20. The lowest BCUT2D eigenvalue weighted by atomic mass is 10.0. The van der Waals surface area contributed by atoms with Gasteiger partial charge < -0.3 is 9.15 Å². The fourth-order valence-electron chi connectivity index (χ4n) is 2.70. The van der Waals surface area contributed by atoms with Gasteiger partial charge in [-0.2, -0.15) is 0 Å². The number of rotatable bonds is 5. The number of halogens is 1. The van der Waals surface area contributed by atoms with E-state index < -0.39 is 0 Å². The summed E-state index contributed by atoms with van der Waals surface area (Å²) in [5, 5.41) is 0.0635. The van der Waals surface area contributed by atoms with Gasteiger partial charge in [-0.25, -0.2) is 4.98 Å². The lowest BCUT2D eigenvalue weighted by Gasteiger charge is -2.23. The van der Waals surface area contributed by atoms with E-state index in [1.807, 2.05) is 24.3 Å². The van der Waals surface area contributed by atoms with Crippen molar-refractivity contribution in [2.24, 2.45) is 0 Å². The average Bonchev–Trinajstić information content (AvgIpc) is 2.88. The molecule has 1 aromatic carbocycles. The number of benzene rings is 1. The molecule has 20 heavy (non-hydrogen) atoms. The quantitative estimate of drug-likeness (QED) is 0.770. The van der Waals surface area contributed by atoms with Crippen LogP contribution in [0.2, 0.25) is 0 Å². The summed E-state index contributed by atoms with van der Waals surface area (Å²) in [6.45, 7) is 0.906. The van der Waals surface area contributed by atoms with Crippen LogP contribution in [0.1, 0.15) is 38.0 Å². The van der Waals surface area contributed by atoms with Crippen LogP contribution in [0, 0.1) is 0 Å². The van der Waals surface area contributed by atoms with Crippen LogP contribution in [0.4, 0.5) is 0 Å². The molecule has 1 aliphatic heterocycles. The number of hydrogen-bond acceptors (Lipinski definition) is 3. The molecule has 0 amide bonds. The van der Waals surface area contributed by atoms with Gasteiger partial charge in [0, 0.05) is 18.4 Å². The number of ether oxygens (including phenoxy) is 1. The van der Waals surface area contributed by atoms with Crippen LogP contribution in [-0.4, -0.2) is 23.1 Å². The molecule has 0 aliphatic carbocycles. The predicted octanol–water partition coefficient (Wildman–Crippen LogP) is 4.33. The Morgan fingerprint density at radius 2 is 2.20 bits per heavy atom. The molecule has 1 fully saturated rings. The summed E-state index contributed by atoms with van der Waals surface area (Å²) in [5.74, 6) is 0.732. The predicted molar refractivity (Wildman–Crippen MR) is 80.2 cm³/mol. The molecule has 1 aliphatic rings. The van der Waals surface area contributed by atoms with Crippen molar-refractivity contribution in [2.75, 3.05) is 6.61 Å². The van der Waals surface area contributed by atoms with E-state index in [1.54, 1.807) is 0 Å². The molecule has 1 saturated heterocycles. The number of alkyl halides is 1. The van der Waals surface area contributed by atoms with Gasteiger partial charge in [0.05, 0.1) is 6.10 Å². The van der Waals surface area contributed by atoms with Crippen LogP contribution >= 0.6 is 11.6 Å². The van der Waals surface area contributed by atoms with Crippen LogP contribution < -0.4 is 0 Å². The lowest BCUT2D eigenvalue weighted by molar-refractivity contribution is 0.00997. The van der Waals surface area contributed by atoms with E-state index in [0.717, 1.165) is 36.4 Å². The molecule has 2 atom stereocenters. The minimum absolute atomic E-state index is 0.0635. The summed E-state index contributed by atoms with van der Waals surface area (Å²) < 4.78 is 11.4. The molecule has 2 heterocycles. The van der Waals surface area contributed by atoms with Crippen LogP contribution in [0.3, 0.4) is 0 Å². The zero-order valence-corrected chi connectivity index (χ0v) is 12.3. The number of hydrogen-bond donors (Lipinski definition) is 0. The highest BCUT2D eigenvalue weighted by Gasteiger charge is 2.17. The molecule has 2 unspecified atom stereocenters. The zero-order valence-electron chi connectivity index (χ0n) is 11.6. The Balaban J connectivity index is 1.51. The van der Waals surface area contributed by atoms with Crippen molar-refractivity contribution in [1.82, 2.24) is 4.98 Å². The zero-order chi connectivity index (χ0) is 13.8. The van der Waals surface area contributed by atoms with Crippen LogP contribution in [0.15, 0.2) is 28.7 Å². The second-order valence-electron chi connectivity index (χ2n) is 5.44. The smallest absolute Gasteiger partial charge is 0.196 e. The molecule has 0 bridgehead atoms. The number of nitrogens with zero attached hydrogens (tertiary/aromatic N) is 1. The second-order valence-corrected chi connectivity index (χ2v) is 6.06. The number of oxazole rings is 1. The summed E-state index contributed by atoms with van der Waals surface area (Å²) in [4.78, 5) is 4.47. The maximum Gasteiger partial charge on any atom is 0.196 e. The van der Waals surface area contributed by atoms with Crippen molar-refractivity contribution < 1.29 is 9.15 Å². The molecule has 108 valence electrons. The first-order chi connectivity index (χ1) is 9.81. The monoisotopic (exact) mass is 293 g/mol. The summed E-state index contributed by atoms with van der Waals surface area (Å²) in [7, 11) is 0. The van der Waals surface area contributed by atoms with Crippen LogP contribution in [-0.2, 0) is 11.2 Å². The minimum Gasteiger partial charge on any atom is -0.441 e. The Kier molecular flexibility index (Phi) is 4.58.